The number of carbonyl (C=O) groups excluding carboxylic acids is 1. The molecule has 8 heteroatoms. The van der Waals surface area contributed by atoms with Gasteiger partial charge in [-0.3, -0.25) is 9.10 Å². The molecule has 3 rings (SSSR count). The maximum Gasteiger partial charge on any atom is 0.255 e. The van der Waals surface area contributed by atoms with E-state index in [1.54, 1.807) is 24.3 Å². The van der Waals surface area contributed by atoms with Crippen LogP contribution in [-0.2, 0) is 21.3 Å². The van der Waals surface area contributed by atoms with Crippen molar-refractivity contribution in [2.24, 2.45) is 0 Å². The first-order valence-electron chi connectivity index (χ1n) is 9.18. The topological polar surface area (TPSA) is 80.2 Å². The number of ether oxygens (including phenoxy) is 1. The first-order valence-corrected chi connectivity index (χ1v) is 11.0. The van der Waals surface area contributed by atoms with E-state index >= 15 is 0 Å². The van der Waals surface area contributed by atoms with Gasteiger partial charge in [0.2, 0.25) is 10.0 Å². The molecule has 7 nitrogen and oxygen atoms in total. The van der Waals surface area contributed by atoms with Gasteiger partial charge in [0, 0.05) is 23.9 Å². The lowest BCUT2D eigenvalue weighted by atomic mass is 10.1. The molecule has 2 aromatic carbocycles. The van der Waals surface area contributed by atoms with E-state index in [1.165, 1.54) is 21.8 Å². The molecular formula is C20H26N3O4S+. The molecule has 1 amide bonds. The molecule has 28 heavy (non-hydrogen) atoms. The zero-order valence-electron chi connectivity index (χ0n) is 16.1. The monoisotopic (exact) mass is 404 g/mol. The van der Waals surface area contributed by atoms with Crippen LogP contribution in [0.4, 0.5) is 11.4 Å². The van der Waals surface area contributed by atoms with Gasteiger partial charge in [-0.2, -0.15) is 0 Å². The largest absolute Gasteiger partial charge is 0.370 e. The highest BCUT2D eigenvalue weighted by Gasteiger charge is 2.15. The molecule has 0 radical (unpaired) electrons. The molecule has 1 saturated heterocycles. The number of rotatable bonds is 6. The Morgan fingerprint density at radius 2 is 1.82 bits per heavy atom. The van der Waals surface area contributed by atoms with Crippen LogP contribution >= 0.6 is 0 Å². The minimum atomic E-state index is -3.36. The van der Waals surface area contributed by atoms with Gasteiger partial charge < -0.3 is 15.0 Å². The summed E-state index contributed by atoms with van der Waals surface area (Å²) in [6, 6.07) is 14.3. The minimum Gasteiger partial charge on any atom is -0.370 e. The molecule has 1 aliphatic rings. The predicted octanol–water partition coefficient (Wildman–Crippen LogP) is 0.750. The quantitative estimate of drug-likeness (QED) is 0.745. The van der Waals surface area contributed by atoms with Crippen molar-refractivity contribution < 1.29 is 22.8 Å². The third-order valence-corrected chi connectivity index (χ3v) is 6.04. The Morgan fingerprint density at radius 3 is 2.46 bits per heavy atom. The van der Waals surface area contributed by atoms with Crippen LogP contribution < -0.4 is 14.5 Å². The maximum atomic E-state index is 12.5. The van der Waals surface area contributed by atoms with Gasteiger partial charge in [0.25, 0.3) is 5.91 Å². The number of hydrogen-bond donors (Lipinski definition) is 2. The number of carbonyl (C=O) groups is 1. The highest BCUT2D eigenvalue weighted by molar-refractivity contribution is 7.92. The van der Waals surface area contributed by atoms with E-state index in [0.717, 1.165) is 39.1 Å². The second-order valence-electron chi connectivity index (χ2n) is 6.97. The Hall–Kier alpha value is -2.42. The van der Waals surface area contributed by atoms with Crippen LogP contribution in [0.15, 0.2) is 48.5 Å². The summed E-state index contributed by atoms with van der Waals surface area (Å²) in [5, 5.41) is 2.82. The number of nitrogens with zero attached hydrogens (tertiary/aromatic N) is 1. The zero-order valence-corrected chi connectivity index (χ0v) is 17.0. The van der Waals surface area contributed by atoms with E-state index in [0.29, 0.717) is 16.9 Å². The highest BCUT2D eigenvalue weighted by Crippen LogP contribution is 2.21. The second kappa shape index (κ2) is 8.72. The second-order valence-corrected chi connectivity index (χ2v) is 8.98. The summed E-state index contributed by atoms with van der Waals surface area (Å²) in [6.45, 7) is 4.51. The summed E-state index contributed by atoms with van der Waals surface area (Å²) in [4.78, 5) is 14.0. The van der Waals surface area contributed by atoms with E-state index in [9.17, 15) is 13.2 Å². The van der Waals surface area contributed by atoms with E-state index in [4.69, 9.17) is 4.74 Å². The number of morpholine rings is 1. The molecule has 0 saturated carbocycles. The fraction of sp³-hybridized carbons (Fsp3) is 0.350. The average Bonchev–Trinajstić information content (AvgIpc) is 2.68. The van der Waals surface area contributed by atoms with Crippen LogP contribution in [0.3, 0.4) is 0 Å². The third-order valence-electron chi connectivity index (χ3n) is 4.84. The molecule has 1 aliphatic heterocycles. The first-order chi connectivity index (χ1) is 13.3. The van der Waals surface area contributed by atoms with E-state index < -0.39 is 10.0 Å². The molecule has 0 atom stereocenters. The number of nitrogens with one attached hydrogen (secondary N) is 2. The lowest BCUT2D eigenvalue weighted by Crippen LogP contribution is -3.12. The van der Waals surface area contributed by atoms with Crippen molar-refractivity contribution in [1.82, 2.24) is 0 Å². The molecule has 0 aromatic heterocycles. The Morgan fingerprint density at radius 1 is 1.14 bits per heavy atom. The Kier molecular flexibility index (Phi) is 6.33. The lowest BCUT2D eigenvalue weighted by molar-refractivity contribution is -0.921. The van der Waals surface area contributed by atoms with Gasteiger partial charge in [0.1, 0.15) is 19.6 Å². The van der Waals surface area contributed by atoms with Gasteiger partial charge in [0.15, 0.2) is 0 Å². The smallest absolute Gasteiger partial charge is 0.255 e. The molecule has 0 bridgehead atoms. The first kappa shape index (κ1) is 20.3. The molecule has 0 spiro atoms. The Balaban J connectivity index is 1.64. The average molecular weight is 405 g/mol. The number of benzene rings is 2. The Labute approximate surface area is 166 Å². The Bertz CT molecular complexity index is 923. The molecule has 150 valence electrons. The third kappa shape index (κ3) is 5.31. The van der Waals surface area contributed by atoms with E-state index in [2.05, 4.69) is 5.32 Å². The van der Waals surface area contributed by atoms with Crippen molar-refractivity contribution >= 4 is 27.3 Å². The summed E-state index contributed by atoms with van der Waals surface area (Å²) in [5.74, 6) is -0.232. The molecule has 2 aromatic rings. The molecule has 1 fully saturated rings. The lowest BCUT2D eigenvalue weighted by Gasteiger charge is -2.23. The normalized spacial score (nSPS) is 15.2. The van der Waals surface area contributed by atoms with Crippen LogP contribution in [0.25, 0.3) is 0 Å². The summed E-state index contributed by atoms with van der Waals surface area (Å²) in [5.41, 5.74) is 2.77. The number of amides is 1. The zero-order chi connectivity index (χ0) is 20.1. The van der Waals surface area contributed by atoms with Crippen molar-refractivity contribution in [3.05, 3.63) is 59.7 Å². The van der Waals surface area contributed by atoms with Gasteiger partial charge in [-0.25, -0.2) is 8.42 Å². The maximum absolute atomic E-state index is 12.5. The summed E-state index contributed by atoms with van der Waals surface area (Å²) >= 11 is 0. The molecule has 0 unspecified atom stereocenters. The number of hydrogen-bond acceptors (Lipinski definition) is 4. The van der Waals surface area contributed by atoms with Crippen molar-refractivity contribution in [3.63, 3.8) is 0 Å². The highest BCUT2D eigenvalue weighted by atomic mass is 32.2. The standard InChI is InChI=1S/C20H25N3O4S/c1-22(28(2,25)26)19-5-3-4-18(14-19)21-20(24)17-8-6-16(7-9-17)15-23-10-12-27-13-11-23/h3-9,14H,10-13,15H2,1-2H3,(H,21,24)/p+1. The van der Waals surface area contributed by atoms with Crippen molar-refractivity contribution in [2.45, 2.75) is 6.54 Å². The molecular weight excluding hydrogens is 378 g/mol. The van der Waals surface area contributed by atoms with Crippen LogP contribution in [0, 0.1) is 0 Å². The molecule has 1 heterocycles. The SMILES string of the molecule is CN(c1cccc(NC(=O)c2ccc(C[NH+]3CCOCC3)cc2)c1)S(C)(=O)=O. The number of sulfonamides is 1. The number of anilines is 2. The minimum absolute atomic E-state index is 0.232. The fourth-order valence-corrected chi connectivity index (χ4v) is 3.57. The molecule has 0 aliphatic carbocycles. The summed E-state index contributed by atoms with van der Waals surface area (Å²) < 4.78 is 29.9. The van der Waals surface area contributed by atoms with Crippen LogP contribution in [0.2, 0.25) is 0 Å². The van der Waals surface area contributed by atoms with Gasteiger partial charge in [-0.1, -0.05) is 18.2 Å². The van der Waals surface area contributed by atoms with Crippen molar-refractivity contribution in [1.29, 1.82) is 0 Å². The van der Waals surface area contributed by atoms with Crippen LogP contribution in [0.1, 0.15) is 15.9 Å². The van der Waals surface area contributed by atoms with E-state index in [-0.39, 0.29) is 5.91 Å². The van der Waals surface area contributed by atoms with Gasteiger partial charge in [0.05, 0.1) is 25.2 Å². The number of quaternary nitrogens is 1. The predicted molar refractivity (Wildman–Crippen MR) is 109 cm³/mol. The molecule has 2 N–H and O–H groups in total. The van der Waals surface area contributed by atoms with Gasteiger partial charge >= 0.3 is 0 Å². The fourth-order valence-electron chi connectivity index (χ4n) is 3.07. The van der Waals surface area contributed by atoms with Crippen molar-refractivity contribution in [2.75, 3.05) is 49.2 Å². The summed E-state index contributed by atoms with van der Waals surface area (Å²) in [6.07, 6.45) is 1.14. The van der Waals surface area contributed by atoms with E-state index in [1.807, 2.05) is 24.3 Å². The van der Waals surface area contributed by atoms with Crippen molar-refractivity contribution in [3.8, 4) is 0 Å². The van der Waals surface area contributed by atoms with Gasteiger partial charge in [-0.05, 0) is 30.3 Å². The van der Waals surface area contributed by atoms with Gasteiger partial charge in [-0.15, -0.1) is 0 Å². The summed E-state index contributed by atoms with van der Waals surface area (Å²) in [7, 11) is -1.88. The van der Waals surface area contributed by atoms with Crippen LogP contribution in [-0.4, -0.2) is 53.9 Å². The van der Waals surface area contributed by atoms with Crippen LogP contribution in [0.5, 0.6) is 0 Å².